The Balaban J connectivity index is 1.39. The Morgan fingerprint density at radius 1 is 1.04 bits per heavy atom. The van der Waals surface area contributed by atoms with Gasteiger partial charge in [0.05, 0.1) is 12.1 Å². The van der Waals surface area contributed by atoms with Gasteiger partial charge in [0.1, 0.15) is 15.1 Å². The number of rotatable bonds is 6. The van der Waals surface area contributed by atoms with E-state index in [2.05, 4.69) is 25.3 Å². The summed E-state index contributed by atoms with van der Waals surface area (Å²) in [6.45, 7) is 0. The van der Waals surface area contributed by atoms with Crippen LogP contribution in [0.3, 0.4) is 0 Å². The third-order valence-corrected chi connectivity index (χ3v) is 5.49. The van der Waals surface area contributed by atoms with E-state index >= 15 is 0 Å². The highest BCUT2D eigenvalue weighted by atomic mass is 32.2. The summed E-state index contributed by atoms with van der Waals surface area (Å²) in [5.41, 5.74) is 2.38. The van der Waals surface area contributed by atoms with E-state index in [4.69, 9.17) is 0 Å². The molecule has 4 aromatic heterocycles. The fraction of sp³-hybridized carbons (Fsp3) is 0.0500. The first kappa shape index (κ1) is 18.3. The fourth-order valence-corrected chi connectivity index (χ4v) is 4.02. The van der Waals surface area contributed by atoms with Crippen LogP contribution in [0, 0.1) is 0 Å². The van der Waals surface area contributed by atoms with Gasteiger partial charge in [-0.25, -0.2) is 15.0 Å². The van der Waals surface area contributed by atoms with Gasteiger partial charge in [0.25, 0.3) is 0 Å². The molecule has 8 heteroatoms. The number of carbonyl (C=O) groups excluding carboxylic acids is 1. The number of nitrogens with zero attached hydrogens (tertiary/aromatic N) is 4. The Morgan fingerprint density at radius 3 is 2.79 bits per heavy atom. The lowest BCUT2D eigenvalue weighted by Gasteiger charge is -2.06. The number of aromatic nitrogens is 4. The summed E-state index contributed by atoms with van der Waals surface area (Å²) < 4.78 is 0. The lowest BCUT2D eigenvalue weighted by atomic mass is 10.3. The largest absolute Gasteiger partial charge is 0.326 e. The third kappa shape index (κ3) is 4.79. The molecule has 0 aromatic carbocycles. The predicted octanol–water partition coefficient (Wildman–Crippen LogP) is 4.33. The topological polar surface area (TPSA) is 80.7 Å². The minimum atomic E-state index is -0.122. The zero-order chi connectivity index (χ0) is 19.2. The van der Waals surface area contributed by atoms with Gasteiger partial charge in [0.2, 0.25) is 5.91 Å². The van der Waals surface area contributed by atoms with E-state index in [1.54, 1.807) is 30.9 Å². The molecule has 138 valence electrons. The molecule has 0 fully saturated rings. The Bertz CT molecular complexity index is 1070. The molecule has 4 rings (SSSR count). The van der Waals surface area contributed by atoms with Gasteiger partial charge >= 0.3 is 0 Å². The molecule has 0 saturated carbocycles. The SMILES string of the molecule is O=C(Cc1csc(-c2cccnc2)n1)Nc1ccnc(Sc2ccccn2)c1. The molecule has 0 unspecified atom stereocenters. The van der Waals surface area contributed by atoms with Crippen molar-refractivity contribution < 1.29 is 4.79 Å². The first-order valence-electron chi connectivity index (χ1n) is 8.46. The van der Waals surface area contributed by atoms with E-state index in [1.807, 2.05) is 41.8 Å². The Labute approximate surface area is 170 Å². The maximum atomic E-state index is 12.4. The second-order valence-electron chi connectivity index (χ2n) is 5.76. The number of thiazole rings is 1. The summed E-state index contributed by atoms with van der Waals surface area (Å²) in [7, 11) is 0. The van der Waals surface area contributed by atoms with Crippen molar-refractivity contribution in [2.24, 2.45) is 0 Å². The number of hydrogen-bond donors (Lipinski definition) is 1. The van der Waals surface area contributed by atoms with E-state index in [9.17, 15) is 4.79 Å². The van der Waals surface area contributed by atoms with Gasteiger partial charge in [-0.15, -0.1) is 11.3 Å². The maximum absolute atomic E-state index is 12.4. The number of carbonyl (C=O) groups is 1. The van der Waals surface area contributed by atoms with Crippen molar-refractivity contribution in [1.29, 1.82) is 0 Å². The van der Waals surface area contributed by atoms with Gasteiger partial charge in [0, 0.05) is 41.4 Å². The molecule has 4 aromatic rings. The molecule has 0 bridgehead atoms. The van der Waals surface area contributed by atoms with Crippen LogP contribution >= 0.6 is 23.1 Å². The van der Waals surface area contributed by atoms with Crippen molar-refractivity contribution in [1.82, 2.24) is 19.9 Å². The Kier molecular flexibility index (Phi) is 5.69. The molecule has 0 aliphatic heterocycles. The highest BCUT2D eigenvalue weighted by molar-refractivity contribution is 7.99. The lowest BCUT2D eigenvalue weighted by molar-refractivity contribution is -0.115. The third-order valence-electron chi connectivity index (χ3n) is 3.67. The first-order chi connectivity index (χ1) is 13.8. The highest BCUT2D eigenvalue weighted by Crippen LogP contribution is 2.26. The minimum Gasteiger partial charge on any atom is -0.326 e. The monoisotopic (exact) mass is 405 g/mol. The van der Waals surface area contributed by atoms with Crippen molar-refractivity contribution in [3.8, 4) is 10.6 Å². The molecule has 0 radical (unpaired) electrons. The lowest BCUT2D eigenvalue weighted by Crippen LogP contribution is -2.14. The van der Waals surface area contributed by atoms with Gasteiger partial charge in [-0.05, 0) is 36.4 Å². The number of amides is 1. The smallest absolute Gasteiger partial charge is 0.230 e. The van der Waals surface area contributed by atoms with Crippen molar-refractivity contribution in [3.63, 3.8) is 0 Å². The zero-order valence-corrected chi connectivity index (χ0v) is 16.3. The van der Waals surface area contributed by atoms with Crippen molar-refractivity contribution in [3.05, 3.63) is 78.3 Å². The van der Waals surface area contributed by atoms with Crippen LogP contribution in [0.25, 0.3) is 10.6 Å². The molecule has 0 saturated heterocycles. The number of anilines is 1. The highest BCUT2D eigenvalue weighted by Gasteiger charge is 2.10. The van der Waals surface area contributed by atoms with Gasteiger partial charge in [-0.2, -0.15) is 0 Å². The maximum Gasteiger partial charge on any atom is 0.230 e. The van der Waals surface area contributed by atoms with Crippen LogP contribution in [0.1, 0.15) is 5.69 Å². The molecule has 28 heavy (non-hydrogen) atoms. The zero-order valence-electron chi connectivity index (χ0n) is 14.6. The summed E-state index contributed by atoms with van der Waals surface area (Å²) in [5.74, 6) is -0.122. The van der Waals surface area contributed by atoms with Crippen LogP contribution in [-0.4, -0.2) is 25.8 Å². The molecule has 0 aliphatic rings. The Morgan fingerprint density at radius 2 is 1.96 bits per heavy atom. The van der Waals surface area contributed by atoms with Crippen molar-refractivity contribution >= 4 is 34.7 Å². The van der Waals surface area contributed by atoms with Crippen LogP contribution < -0.4 is 5.32 Å². The molecule has 0 aliphatic carbocycles. The molecule has 6 nitrogen and oxygen atoms in total. The van der Waals surface area contributed by atoms with E-state index in [0.717, 1.165) is 26.3 Å². The second-order valence-corrected chi connectivity index (χ2v) is 7.66. The van der Waals surface area contributed by atoms with Crippen LogP contribution in [-0.2, 0) is 11.2 Å². The van der Waals surface area contributed by atoms with Crippen LogP contribution in [0.5, 0.6) is 0 Å². The van der Waals surface area contributed by atoms with Gasteiger partial charge in [-0.1, -0.05) is 17.8 Å². The molecule has 4 heterocycles. The molecule has 0 spiro atoms. The Hall–Kier alpha value is -3.10. The van der Waals surface area contributed by atoms with Crippen molar-refractivity contribution in [2.75, 3.05) is 5.32 Å². The molecule has 1 N–H and O–H groups in total. The molecular formula is C20H15N5OS2. The molecule has 1 amide bonds. The average molecular weight is 406 g/mol. The summed E-state index contributed by atoms with van der Waals surface area (Å²) in [4.78, 5) is 29.6. The van der Waals surface area contributed by atoms with Gasteiger partial charge in [0.15, 0.2) is 0 Å². The molecular weight excluding hydrogens is 390 g/mol. The number of pyridine rings is 3. The summed E-state index contributed by atoms with van der Waals surface area (Å²) in [6.07, 6.45) is 7.11. The van der Waals surface area contributed by atoms with Gasteiger partial charge < -0.3 is 5.32 Å². The second kappa shape index (κ2) is 8.73. The number of nitrogens with one attached hydrogen (secondary N) is 1. The van der Waals surface area contributed by atoms with E-state index in [0.29, 0.717) is 5.69 Å². The van der Waals surface area contributed by atoms with E-state index in [1.165, 1.54) is 23.1 Å². The quantitative estimate of drug-likeness (QED) is 0.514. The average Bonchev–Trinajstić information content (AvgIpc) is 3.18. The van der Waals surface area contributed by atoms with Gasteiger partial charge in [-0.3, -0.25) is 9.78 Å². The van der Waals surface area contributed by atoms with Crippen molar-refractivity contribution in [2.45, 2.75) is 16.5 Å². The standard InChI is InChI=1S/C20H15N5OS2/c26-17(10-16-13-27-20(25-16)14-4-3-7-21-12-14)24-15-6-9-23-19(11-15)28-18-5-1-2-8-22-18/h1-9,11-13H,10H2,(H,23,24,26). The summed E-state index contributed by atoms with van der Waals surface area (Å²) in [5, 5.41) is 7.28. The van der Waals surface area contributed by atoms with Crippen LogP contribution in [0.15, 0.2) is 82.7 Å². The fourth-order valence-electron chi connectivity index (χ4n) is 2.44. The minimum absolute atomic E-state index is 0.122. The van der Waals surface area contributed by atoms with Crippen LogP contribution in [0.4, 0.5) is 5.69 Å². The predicted molar refractivity (Wildman–Crippen MR) is 110 cm³/mol. The van der Waals surface area contributed by atoms with E-state index in [-0.39, 0.29) is 12.3 Å². The number of hydrogen-bond acceptors (Lipinski definition) is 7. The first-order valence-corrected chi connectivity index (χ1v) is 10.2. The normalized spacial score (nSPS) is 10.6. The van der Waals surface area contributed by atoms with E-state index < -0.39 is 0 Å². The summed E-state index contributed by atoms with van der Waals surface area (Å²) >= 11 is 2.95. The van der Waals surface area contributed by atoms with Crippen LogP contribution in [0.2, 0.25) is 0 Å². The summed E-state index contributed by atoms with van der Waals surface area (Å²) in [6, 6.07) is 13.1. The molecule has 0 atom stereocenters.